The minimum atomic E-state index is 0.604. The van der Waals surface area contributed by atoms with Crippen molar-refractivity contribution in [1.82, 2.24) is 10.2 Å². The number of rotatable bonds is 6. The normalized spacial score (nSPS) is 24.4. The van der Waals surface area contributed by atoms with E-state index in [0.29, 0.717) is 12.0 Å². The van der Waals surface area contributed by atoms with E-state index in [4.69, 9.17) is 4.74 Å². The van der Waals surface area contributed by atoms with Crippen molar-refractivity contribution in [3.63, 3.8) is 0 Å². The minimum Gasteiger partial charge on any atom is -0.381 e. The average Bonchev–Trinajstić information content (AvgIpc) is 2.64. The summed E-state index contributed by atoms with van der Waals surface area (Å²) >= 11 is 0. The highest BCUT2D eigenvalue weighted by Crippen LogP contribution is 2.17. The molecule has 0 bridgehead atoms. The van der Waals surface area contributed by atoms with Crippen LogP contribution in [0.5, 0.6) is 0 Å². The molecule has 1 aliphatic heterocycles. The Morgan fingerprint density at radius 3 is 2.79 bits per heavy atom. The summed E-state index contributed by atoms with van der Waals surface area (Å²) < 4.78 is 5.44. The van der Waals surface area contributed by atoms with Crippen LogP contribution in [-0.2, 0) is 4.74 Å². The van der Waals surface area contributed by atoms with Crippen LogP contribution in [0.1, 0.15) is 19.8 Å². The van der Waals surface area contributed by atoms with E-state index in [1.54, 1.807) is 0 Å². The molecule has 84 valence electrons. The van der Waals surface area contributed by atoms with E-state index in [1.165, 1.54) is 12.8 Å². The number of likely N-dealkylation sites (N-methyl/N-ethyl adjacent to an activating group) is 1. The summed E-state index contributed by atoms with van der Waals surface area (Å²) in [5.74, 6) is 0.712. The van der Waals surface area contributed by atoms with Gasteiger partial charge in [0.2, 0.25) is 0 Å². The highest BCUT2D eigenvalue weighted by atomic mass is 16.5. The largest absolute Gasteiger partial charge is 0.381 e. The Bertz CT molecular complexity index is 144. The molecular formula is C11H24N2O. The van der Waals surface area contributed by atoms with E-state index in [2.05, 4.69) is 31.2 Å². The quantitative estimate of drug-likeness (QED) is 0.691. The molecule has 0 amide bonds. The molecule has 3 heteroatoms. The van der Waals surface area contributed by atoms with Gasteiger partial charge >= 0.3 is 0 Å². The van der Waals surface area contributed by atoms with Crippen molar-refractivity contribution in [1.29, 1.82) is 0 Å². The van der Waals surface area contributed by atoms with Gasteiger partial charge in [-0.25, -0.2) is 0 Å². The van der Waals surface area contributed by atoms with Crippen molar-refractivity contribution in [3.8, 4) is 0 Å². The summed E-state index contributed by atoms with van der Waals surface area (Å²) in [6, 6.07) is 0.604. The van der Waals surface area contributed by atoms with Gasteiger partial charge in [0.25, 0.3) is 0 Å². The van der Waals surface area contributed by atoms with Crippen molar-refractivity contribution < 1.29 is 4.74 Å². The Morgan fingerprint density at radius 2 is 2.29 bits per heavy atom. The molecule has 1 heterocycles. The zero-order valence-corrected chi connectivity index (χ0v) is 9.75. The zero-order chi connectivity index (χ0) is 10.4. The van der Waals surface area contributed by atoms with Crippen LogP contribution in [0.4, 0.5) is 0 Å². The highest BCUT2D eigenvalue weighted by molar-refractivity contribution is 4.81. The van der Waals surface area contributed by atoms with Crippen LogP contribution in [0.25, 0.3) is 0 Å². The Balaban J connectivity index is 2.34. The first-order valence-electron chi connectivity index (χ1n) is 5.70. The van der Waals surface area contributed by atoms with Gasteiger partial charge in [-0.05, 0) is 33.5 Å². The van der Waals surface area contributed by atoms with Crippen molar-refractivity contribution in [3.05, 3.63) is 0 Å². The molecule has 0 saturated carbocycles. The summed E-state index contributed by atoms with van der Waals surface area (Å²) in [6.45, 7) is 6.34. The van der Waals surface area contributed by atoms with Crippen LogP contribution in [0.3, 0.4) is 0 Å². The summed E-state index contributed by atoms with van der Waals surface area (Å²) in [5.41, 5.74) is 0. The maximum absolute atomic E-state index is 5.44. The predicted molar refractivity (Wildman–Crippen MR) is 59.6 cm³/mol. The fourth-order valence-corrected chi connectivity index (χ4v) is 1.97. The van der Waals surface area contributed by atoms with Crippen LogP contribution in [0, 0.1) is 5.92 Å². The van der Waals surface area contributed by atoms with E-state index in [0.717, 1.165) is 26.3 Å². The van der Waals surface area contributed by atoms with Crippen LogP contribution in [0.15, 0.2) is 0 Å². The van der Waals surface area contributed by atoms with Gasteiger partial charge in [0, 0.05) is 25.1 Å². The molecule has 14 heavy (non-hydrogen) atoms. The molecule has 1 aliphatic rings. The molecule has 1 saturated heterocycles. The van der Waals surface area contributed by atoms with E-state index >= 15 is 0 Å². The van der Waals surface area contributed by atoms with Gasteiger partial charge in [0.05, 0.1) is 6.61 Å². The fraction of sp³-hybridized carbons (Fsp3) is 1.00. The van der Waals surface area contributed by atoms with Gasteiger partial charge in [-0.3, -0.25) is 0 Å². The molecule has 2 unspecified atom stereocenters. The second-order valence-electron chi connectivity index (χ2n) is 4.45. The van der Waals surface area contributed by atoms with E-state index in [1.807, 2.05) is 0 Å². The third kappa shape index (κ3) is 3.95. The molecule has 0 radical (unpaired) electrons. The molecule has 0 aromatic rings. The van der Waals surface area contributed by atoms with E-state index in [9.17, 15) is 0 Å². The highest BCUT2D eigenvalue weighted by Gasteiger charge is 2.25. The van der Waals surface area contributed by atoms with Gasteiger partial charge in [-0.1, -0.05) is 6.92 Å². The van der Waals surface area contributed by atoms with Gasteiger partial charge in [-0.15, -0.1) is 0 Å². The molecule has 0 aromatic heterocycles. The summed E-state index contributed by atoms with van der Waals surface area (Å²) in [6.07, 6.45) is 2.42. The Morgan fingerprint density at radius 1 is 1.50 bits per heavy atom. The second-order valence-corrected chi connectivity index (χ2v) is 4.45. The van der Waals surface area contributed by atoms with Crippen molar-refractivity contribution in [2.45, 2.75) is 25.8 Å². The molecule has 1 rings (SSSR count). The van der Waals surface area contributed by atoms with Crippen molar-refractivity contribution in [2.75, 3.05) is 40.4 Å². The van der Waals surface area contributed by atoms with Crippen LogP contribution < -0.4 is 5.32 Å². The lowest BCUT2D eigenvalue weighted by Crippen LogP contribution is -2.44. The smallest absolute Gasteiger partial charge is 0.0510 e. The van der Waals surface area contributed by atoms with E-state index in [-0.39, 0.29) is 0 Å². The average molecular weight is 200 g/mol. The SMILES string of the molecule is CCCNC(CN(C)C)C1CCOC1. The number of hydrogen-bond acceptors (Lipinski definition) is 3. The molecule has 0 aromatic carbocycles. The Labute approximate surface area is 87.8 Å². The van der Waals surface area contributed by atoms with Gasteiger partial charge in [-0.2, -0.15) is 0 Å². The maximum atomic E-state index is 5.44. The van der Waals surface area contributed by atoms with Crippen molar-refractivity contribution >= 4 is 0 Å². The monoisotopic (exact) mass is 200 g/mol. The third-order valence-corrected chi connectivity index (χ3v) is 2.75. The Hall–Kier alpha value is -0.120. The van der Waals surface area contributed by atoms with Crippen LogP contribution >= 0.6 is 0 Å². The lowest BCUT2D eigenvalue weighted by atomic mass is 9.98. The minimum absolute atomic E-state index is 0.604. The molecule has 0 aliphatic carbocycles. The lowest BCUT2D eigenvalue weighted by molar-refractivity contribution is 0.170. The van der Waals surface area contributed by atoms with Crippen LogP contribution in [-0.4, -0.2) is 51.3 Å². The lowest BCUT2D eigenvalue weighted by Gasteiger charge is -2.26. The molecular weight excluding hydrogens is 176 g/mol. The fourth-order valence-electron chi connectivity index (χ4n) is 1.97. The summed E-state index contributed by atoms with van der Waals surface area (Å²) in [5, 5.41) is 3.62. The van der Waals surface area contributed by atoms with Crippen LogP contribution in [0.2, 0.25) is 0 Å². The summed E-state index contributed by atoms with van der Waals surface area (Å²) in [4.78, 5) is 2.26. The van der Waals surface area contributed by atoms with Gasteiger partial charge in [0.15, 0.2) is 0 Å². The van der Waals surface area contributed by atoms with Crippen molar-refractivity contribution in [2.24, 2.45) is 5.92 Å². The summed E-state index contributed by atoms with van der Waals surface area (Å²) in [7, 11) is 4.27. The van der Waals surface area contributed by atoms with Gasteiger partial charge in [0.1, 0.15) is 0 Å². The first kappa shape index (κ1) is 12.0. The molecule has 1 N–H and O–H groups in total. The number of ether oxygens (including phenoxy) is 1. The molecule has 0 spiro atoms. The second kappa shape index (κ2) is 6.38. The Kier molecular flexibility index (Phi) is 5.45. The molecule has 1 fully saturated rings. The van der Waals surface area contributed by atoms with Gasteiger partial charge < -0.3 is 15.0 Å². The first-order valence-corrected chi connectivity index (χ1v) is 5.70. The van der Waals surface area contributed by atoms with E-state index < -0.39 is 0 Å². The molecule has 3 nitrogen and oxygen atoms in total. The zero-order valence-electron chi connectivity index (χ0n) is 9.75. The number of nitrogens with zero attached hydrogens (tertiary/aromatic N) is 1. The standard InChI is InChI=1S/C11H24N2O/c1-4-6-12-11(8-13(2)3)10-5-7-14-9-10/h10-12H,4-9H2,1-3H3. The molecule has 2 atom stereocenters. The number of hydrogen-bond donors (Lipinski definition) is 1. The topological polar surface area (TPSA) is 24.5 Å². The maximum Gasteiger partial charge on any atom is 0.0510 e. The number of nitrogens with one attached hydrogen (secondary N) is 1. The first-order chi connectivity index (χ1) is 6.74. The predicted octanol–water partition coefficient (Wildman–Crippen LogP) is 0.953. The third-order valence-electron chi connectivity index (χ3n) is 2.75.